The molecule has 1 aromatic carbocycles. The van der Waals surface area contributed by atoms with E-state index in [0.717, 1.165) is 3.79 Å². The first-order valence-electron chi connectivity index (χ1n) is 5.16. The van der Waals surface area contributed by atoms with Gasteiger partial charge in [-0.05, 0) is 53.0 Å². The van der Waals surface area contributed by atoms with E-state index in [1.807, 2.05) is 6.07 Å². The lowest BCUT2D eigenvalue weighted by Gasteiger charge is -2.13. The maximum absolute atomic E-state index is 6.29. The SMILES string of the molecule is Cc1ccc(C)c(C(N)c2ccc(Br)s2)c1. The van der Waals surface area contributed by atoms with Crippen LogP contribution in [0.4, 0.5) is 0 Å². The zero-order valence-corrected chi connectivity index (χ0v) is 11.7. The van der Waals surface area contributed by atoms with Crippen molar-refractivity contribution < 1.29 is 0 Å². The molecule has 0 saturated carbocycles. The summed E-state index contributed by atoms with van der Waals surface area (Å²) in [4.78, 5) is 1.19. The molecule has 0 spiro atoms. The van der Waals surface area contributed by atoms with E-state index in [4.69, 9.17) is 5.73 Å². The van der Waals surface area contributed by atoms with Crippen molar-refractivity contribution in [2.24, 2.45) is 5.73 Å². The molecule has 1 heterocycles. The average molecular weight is 296 g/mol. The Labute approximate surface area is 108 Å². The molecule has 0 bridgehead atoms. The number of benzene rings is 1. The zero-order chi connectivity index (χ0) is 11.7. The van der Waals surface area contributed by atoms with Gasteiger partial charge in [0, 0.05) is 4.88 Å². The molecule has 0 saturated heterocycles. The van der Waals surface area contributed by atoms with Crippen LogP contribution in [-0.2, 0) is 0 Å². The lowest BCUT2D eigenvalue weighted by molar-refractivity contribution is 0.880. The Bertz CT molecular complexity index is 504. The third-order valence-corrected chi connectivity index (χ3v) is 4.38. The van der Waals surface area contributed by atoms with E-state index in [1.165, 1.54) is 21.6 Å². The van der Waals surface area contributed by atoms with Gasteiger partial charge in [0.05, 0.1) is 9.83 Å². The molecular weight excluding hydrogens is 282 g/mol. The third-order valence-electron chi connectivity index (χ3n) is 2.67. The molecule has 1 nitrogen and oxygen atoms in total. The highest BCUT2D eigenvalue weighted by Crippen LogP contribution is 2.31. The van der Waals surface area contributed by atoms with E-state index in [9.17, 15) is 0 Å². The smallest absolute Gasteiger partial charge is 0.0702 e. The Morgan fingerprint density at radius 2 is 1.94 bits per heavy atom. The van der Waals surface area contributed by atoms with Gasteiger partial charge in [0.2, 0.25) is 0 Å². The molecule has 1 unspecified atom stereocenters. The van der Waals surface area contributed by atoms with Crippen LogP contribution in [0.25, 0.3) is 0 Å². The summed E-state index contributed by atoms with van der Waals surface area (Å²) >= 11 is 5.17. The van der Waals surface area contributed by atoms with Gasteiger partial charge in [-0.25, -0.2) is 0 Å². The Kier molecular flexibility index (Phi) is 3.47. The molecule has 0 aliphatic carbocycles. The minimum Gasteiger partial charge on any atom is -0.320 e. The van der Waals surface area contributed by atoms with Crippen molar-refractivity contribution in [1.29, 1.82) is 0 Å². The number of nitrogens with two attached hydrogens (primary N) is 1. The standard InChI is InChI=1S/C13H14BrNS/c1-8-3-4-9(2)10(7-8)13(15)11-5-6-12(14)16-11/h3-7,13H,15H2,1-2H3. The fourth-order valence-electron chi connectivity index (χ4n) is 1.74. The van der Waals surface area contributed by atoms with Crippen LogP contribution in [0.5, 0.6) is 0 Å². The van der Waals surface area contributed by atoms with Gasteiger partial charge in [-0.1, -0.05) is 23.8 Å². The molecule has 0 aliphatic heterocycles. The molecule has 16 heavy (non-hydrogen) atoms. The molecule has 0 amide bonds. The van der Waals surface area contributed by atoms with Gasteiger partial charge in [0.15, 0.2) is 0 Å². The first kappa shape index (κ1) is 11.8. The predicted molar refractivity (Wildman–Crippen MR) is 74.0 cm³/mol. The molecule has 1 atom stereocenters. The van der Waals surface area contributed by atoms with Gasteiger partial charge in [-0.3, -0.25) is 0 Å². The molecule has 2 N–H and O–H groups in total. The first-order valence-corrected chi connectivity index (χ1v) is 6.77. The number of halogens is 1. The second-order valence-corrected chi connectivity index (χ2v) is 6.47. The molecule has 0 fully saturated rings. The Morgan fingerprint density at radius 1 is 1.19 bits per heavy atom. The molecule has 0 radical (unpaired) electrons. The van der Waals surface area contributed by atoms with Crippen molar-refractivity contribution in [2.75, 3.05) is 0 Å². The summed E-state index contributed by atoms with van der Waals surface area (Å²) < 4.78 is 1.13. The second kappa shape index (κ2) is 4.70. The Balaban J connectivity index is 2.40. The van der Waals surface area contributed by atoms with Crippen molar-refractivity contribution in [3.8, 4) is 0 Å². The Hall–Kier alpha value is -0.640. The number of hydrogen-bond donors (Lipinski definition) is 1. The molecule has 1 aromatic heterocycles. The molecule has 2 rings (SSSR count). The van der Waals surface area contributed by atoms with Crippen molar-refractivity contribution in [1.82, 2.24) is 0 Å². The van der Waals surface area contributed by atoms with Gasteiger partial charge in [-0.15, -0.1) is 11.3 Å². The number of rotatable bonds is 2. The van der Waals surface area contributed by atoms with Crippen molar-refractivity contribution in [2.45, 2.75) is 19.9 Å². The van der Waals surface area contributed by atoms with Crippen molar-refractivity contribution >= 4 is 27.3 Å². The van der Waals surface area contributed by atoms with Gasteiger partial charge in [-0.2, -0.15) is 0 Å². The van der Waals surface area contributed by atoms with Crippen LogP contribution in [0.2, 0.25) is 0 Å². The lowest BCUT2D eigenvalue weighted by atomic mass is 9.98. The quantitative estimate of drug-likeness (QED) is 0.884. The summed E-state index contributed by atoms with van der Waals surface area (Å²) in [6.45, 7) is 4.21. The van der Waals surface area contributed by atoms with E-state index in [-0.39, 0.29) is 6.04 Å². The monoisotopic (exact) mass is 295 g/mol. The van der Waals surface area contributed by atoms with Crippen LogP contribution in [-0.4, -0.2) is 0 Å². The molecule has 3 heteroatoms. The summed E-state index contributed by atoms with van der Waals surface area (Å²) in [7, 11) is 0. The minimum absolute atomic E-state index is 0.0174. The lowest BCUT2D eigenvalue weighted by Crippen LogP contribution is -2.11. The van der Waals surface area contributed by atoms with Crippen molar-refractivity contribution in [3.63, 3.8) is 0 Å². The summed E-state index contributed by atoms with van der Waals surface area (Å²) in [5, 5.41) is 0. The summed E-state index contributed by atoms with van der Waals surface area (Å²) in [6.07, 6.45) is 0. The fourth-order valence-corrected chi connectivity index (χ4v) is 3.19. The number of aryl methyl sites for hydroxylation is 2. The van der Waals surface area contributed by atoms with Crippen molar-refractivity contribution in [3.05, 3.63) is 55.7 Å². The number of hydrogen-bond acceptors (Lipinski definition) is 2. The van der Waals surface area contributed by atoms with Gasteiger partial charge in [0.1, 0.15) is 0 Å². The summed E-state index contributed by atoms with van der Waals surface area (Å²) in [5.41, 5.74) is 10.0. The van der Waals surface area contributed by atoms with Crippen LogP contribution in [0.15, 0.2) is 34.1 Å². The summed E-state index contributed by atoms with van der Waals surface area (Å²) in [6, 6.07) is 10.5. The minimum atomic E-state index is -0.0174. The van der Waals surface area contributed by atoms with Gasteiger partial charge >= 0.3 is 0 Å². The van der Waals surface area contributed by atoms with E-state index in [0.29, 0.717) is 0 Å². The molecule has 84 valence electrons. The Morgan fingerprint density at radius 3 is 2.56 bits per heavy atom. The third kappa shape index (κ3) is 2.37. The topological polar surface area (TPSA) is 26.0 Å². The van der Waals surface area contributed by atoms with E-state index >= 15 is 0 Å². The molecule has 0 aliphatic rings. The molecule has 2 aromatic rings. The largest absolute Gasteiger partial charge is 0.320 e. The highest BCUT2D eigenvalue weighted by molar-refractivity contribution is 9.11. The average Bonchev–Trinajstić information content (AvgIpc) is 2.67. The van der Waals surface area contributed by atoms with Crippen LogP contribution >= 0.6 is 27.3 Å². The predicted octanol–water partition coefficient (Wildman–Crippen LogP) is 4.18. The van der Waals surface area contributed by atoms with Crippen LogP contribution in [0, 0.1) is 13.8 Å². The van der Waals surface area contributed by atoms with Crippen LogP contribution in [0.3, 0.4) is 0 Å². The zero-order valence-electron chi connectivity index (χ0n) is 9.33. The highest BCUT2D eigenvalue weighted by Gasteiger charge is 2.13. The molecular formula is C13H14BrNS. The first-order chi connectivity index (χ1) is 7.58. The maximum atomic E-state index is 6.29. The highest BCUT2D eigenvalue weighted by atomic mass is 79.9. The second-order valence-electron chi connectivity index (χ2n) is 3.98. The van der Waals surface area contributed by atoms with Gasteiger partial charge in [0.25, 0.3) is 0 Å². The summed E-state index contributed by atoms with van der Waals surface area (Å²) in [5.74, 6) is 0. The fraction of sp³-hybridized carbons (Fsp3) is 0.231. The maximum Gasteiger partial charge on any atom is 0.0702 e. The number of thiophene rings is 1. The van der Waals surface area contributed by atoms with Crippen LogP contribution < -0.4 is 5.73 Å². The van der Waals surface area contributed by atoms with Gasteiger partial charge < -0.3 is 5.73 Å². The van der Waals surface area contributed by atoms with Crippen LogP contribution in [0.1, 0.15) is 27.6 Å². The van der Waals surface area contributed by atoms with E-state index in [2.05, 4.69) is 54.0 Å². The normalized spacial score (nSPS) is 12.8. The van der Waals surface area contributed by atoms with E-state index in [1.54, 1.807) is 11.3 Å². The van der Waals surface area contributed by atoms with E-state index < -0.39 is 0 Å².